The smallest absolute Gasteiger partial charge is 0.107 e. The maximum atomic E-state index is 5.95. The van der Waals surface area contributed by atoms with Gasteiger partial charge in [0.05, 0.1) is 0 Å². The Morgan fingerprint density at radius 1 is 1.29 bits per heavy atom. The van der Waals surface area contributed by atoms with Gasteiger partial charge < -0.3 is 11.1 Å². The van der Waals surface area contributed by atoms with E-state index in [0.29, 0.717) is 21.7 Å². The molecule has 0 atom stereocenters. The van der Waals surface area contributed by atoms with Crippen LogP contribution in [0.4, 0.5) is 5.69 Å². The van der Waals surface area contributed by atoms with Gasteiger partial charge in [0.2, 0.25) is 0 Å². The molecule has 0 aliphatic heterocycles. The minimum atomic E-state index is 0.388. The summed E-state index contributed by atoms with van der Waals surface area (Å²) in [6.45, 7) is 12.5. The van der Waals surface area contributed by atoms with Crippen molar-refractivity contribution < 1.29 is 0 Å². The molecule has 2 rings (SSSR count). The highest BCUT2D eigenvalue weighted by Crippen LogP contribution is 2.68. The summed E-state index contributed by atoms with van der Waals surface area (Å²) in [5, 5.41) is 3.59. The molecule has 0 radical (unpaired) electrons. The van der Waals surface area contributed by atoms with E-state index in [9.17, 15) is 0 Å². The number of thiocarbonyl (C=S) groups is 1. The molecular weight excluding hydrogens is 296 g/mol. The van der Waals surface area contributed by atoms with Gasteiger partial charge in [-0.1, -0.05) is 52.9 Å². The van der Waals surface area contributed by atoms with Crippen LogP contribution in [0.2, 0.25) is 0 Å². The molecule has 4 heteroatoms. The van der Waals surface area contributed by atoms with E-state index in [1.165, 1.54) is 4.90 Å². The van der Waals surface area contributed by atoms with Crippen LogP contribution in [0.25, 0.3) is 0 Å². The largest absolute Gasteiger partial charge is 0.389 e. The third kappa shape index (κ3) is 2.93. The van der Waals surface area contributed by atoms with E-state index in [1.807, 2.05) is 0 Å². The molecule has 0 saturated heterocycles. The van der Waals surface area contributed by atoms with Crippen molar-refractivity contribution in [2.75, 3.05) is 17.6 Å². The van der Waals surface area contributed by atoms with Crippen molar-refractivity contribution in [3.63, 3.8) is 0 Å². The summed E-state index contributed by atoms with van der Waals surface area (Å²) >= 11 is 7.05. The first kappa shape index (κ1) is 16.6. The zero-order chi connectivity index (χ0) is 15.8. The molecule has 2 nitrogen and oxygen atoms in total. The lowest BCUT2D eigenvalue weighted by molar-refractivity contribution is 0.457. The Hall–Kier alpha value is -0.740. The third-order valence-electron chi connectivity index (χ3n) is 5.39. The number of anilines is 1. The summed E-state index contributed by atoms with van der Waals surface area (Å²) in [4.78, 5) is 1.65. The fraction of sp³-hybridized carbons (Fsp3) is 0.588. The minimum Gasteiger partial charge on any atom is -0.389 e. The molecule has 0 unspecified atom stereocenters. The number of thioether (sulfide) groups is 1. The predicted octanol–water partition coefficient (Wildman–Crippen LogP) is 4.53. The zero-order valence-electron chi connectivity index (χ0n) is 13.6. The van der Waals surface area contributed by atoms with E-state index >= 15 is 0 Å². The first-order chi connectivity index (χ1) is 9.73. The molecule has 1 aromatic rings. The second-order valence-electron chi connectivity index (χ2n) is 6.85. The van der Waals surface area contributed by atoms with Gasteiger partial charge in [-0.2, -0.15) is 0 Å². The van der Waals surface area contributed by atoms with Crippen molar-refractivity contribution in [2.45, 2.75) is 39.5 Å². The zero-order valence-corrected chi connectivity index (χ0v) is 15.3. The van der Waals surface area contributed by atoms with Gasteiger partial charge in [-0.15, -0.1) is 11.8 Å². The van der Waals surface area contributed by atoms with Crippen LogP contribution >= 0.6 is 24.0 Å². The van der Waals surface area contributed by atoms with Crippen molar-refractivity contribution in [2.24, 2.45) is 22.5 Å². The van der Waals surface area contributed by atoms with Crippen LogP contribution in [-0.2, 0) is 0 Å². The standard InChI is InChI=1S/C17H26N2S2/c1-6-21-12-9-7-8-11(14(12)15(18)20)19-10-13-16(2,3)17(13,4)5/h7-9,13,19H,6,10H2,1-5H3,(H2,18,20). The van der Waals surface area contributed by atoms with Gasteiger partial charge in [0.15, 0.2) is 0 Å². The van der Waals surface area contributed by atoms with Crippen LogP contribution < -0.4 is 11.1 Å². The van der Waals surface area contributed by atoms with Crippen molar-refractivity contribution in [3.8, 4) is 0 Å². The molecule has 1 saturated carbocycles. The van der Waals surface area contributed by atoms with Crippen LogP contribution in [0.1, 0.15) is 40.2 Å². The average molecular weight is 323 g/mol. The van der Waals surface area contributed by atoms with E-state index in [1.54, 1.807) is 11.8 Å². The highest BCUT2D eigenvalue weighted by molar-refractivity contribution is 7.99. The van der Waals surface area contributed by atoms with Crippen LogP contribution in [0.5, 0.6) is 0 Å². The summed E-state index contributed by atoms with van der Waals surface area (Å²) in [6, 6.07) is 6.25. The highest BCUT2D eigenvalue weighted by Gasteiger charge is 2.64. The Morgan fingerprint density at radius 2 is 1.90 bits per heavy atom. The summed E-state index contributed by atoms with van der Waals surface area (Å²) < 4.78 is 0. The van der Waals surface area contributed by atoms with Gasteiger partial charge in [-0.05, 0) is 34.6 Å². The lowest BCUT2D eigenvalue weighted by atomic mass is 10.0. The number of hydrogen-bond acceptors (Lipinski definition) is 3. The van der Waals surface area contributed by atoms with E-state index in [2.05, 4.69) is 58.1 Å². The Balaban J connectivity index is 2.18. The number of hydrogen-bond donors (Lipinski definition) is 2. The van der Waals surface area contributed by atoms with E-state index in [-0.39, 0.29) is 0 Å². The summed E-state index contributed by atoms with van der Waals surface area (Å²) in [6.07, 6.45) is 0. The van der Waals surface area contributed by atoms with Gasteiger partial charge in [0.1, 0.15) is 4.99 Å². The normalized spacial score (nSPS) is 19.3. The summed E-state index contributed by atoms with van der Waals surface area (Å²) in [7, 11) is 0. The first-order valence-corrected chi connectivity index (χ1v) is 8.92. The lowest BCUT2D eigenvalue weighted by Gasteiger charge is -2.15. The van der Waals surface area contributed by atoms with Crippen molar-refractivity contribution in [1.29, 1.82) is 0 Å². The molecule has 1 fully saturated rings. The minimum absolute atomic E-state index is 0.388. The predicted molar refractivity (Wildman–Crippen MR) is 98.3 cm³/mol. The molecule has 0 aromatic heterocycles. The monoisotopic (exact) mass is 322 g/mol. The molecule has 1 aliphatic carbocycles. The molecule has 116 valence electrons. The van der Waals surface area contributed by atoms with Crippen LogP contribution in [-0.4, -0.2) is 17.3 Å². The molecular formula is C17H26N2S2. The van der Waals surface area contributed by atoms with Gasteiger partial charge in [0.25, 0.3) is 0 Å². The molecule has 0 amide bonds. The number of nitrogens with two attached hydrogens (primary N) is 1. The van der Waals surface area contributed by atoms with Crippen molar-refractivity contribution >= 4 is 34.7 Å². The van der Waals surface area contributed by atoms with Crippen molar-refractivity contribution in [1.82, 2.24) is 0 Å². The second kappa shape index (κ2) is 5.81. The first-order valence-electron chi connectivity index (χ1n) is 7.53. The molecule has 0 spiro atoms. The van der Waals surface area contributed by atoms with Gasteiger partial charge in [-0.25, -0.2) is 0 Å². The number of benzene rings is 1. The molecule has 0 heterocycles. The average Bonchev–Trinajstić information content (AvgIpc) is 2.77. The summed E-state index contributed by atoms with van der Waals surface area (Å²) in [5.41, 5.74) is 8.79. The maximum absolute atomic E-state index is 5.95. The SMILES string of the molecule is CCSc1cccc(NCC2C(C)(C)C2(C)C)c1C(N)=S. The molecule has 1 aliphatic rings. The lowest BCUT2D eigenvalue weighted by Crippen LogP contribution is -2.16. The third-order valence-corrected chi connectivity index (χ3v) is 6.53. The van der Waals surface area contributed by atoms with Crippen LogP contribution in [0.3, 0.4) is 0 Å². The van der Waals surface area contributed by atoms with Gasteiger partial charge >= 0.3 is 0 Å². The quantitative estimate of drug-likeness (QED) is 0.596. The molecule has 0 bridgehead atoms. The van der Waals surface area contributed by atoms with E-state index < -0.39 is 0 Å². The Kier molecular flexibility index (Phi) is 4.60. The van der Waals surface area contributed by atoms with Crippen LogP contribution in [0.15, 0.2) is 23.1 Å². The Labute approximate surface area is 138 Å². The second-order valence-corrected chi connectivity index (χ2v) is 8.60. The van der Waals surface area contributed by atoms with Gasteiger partial charge in [0, 0.05) is 22.7 Å². The molecule has 3 N–H and O–H groups in total. The van der Waals surface area contributed by atoms with Gasteiger partial charge in [-0.3, -0.25) is 0 Å². The van der Waals surface area contributed by atoms with E-state index in [0.717, 1.165) is 23.5 Å². The maximum Gasteiger partial charge on any atom is 0.107 e. The fourth-order valence-corrected chi connectivity index (χ4v) is 4.40. The number of nitrogens with one attached hydrogen (secondary N) is 1. The van der Waals surface area contributed by atoms with Crippen molar-refractivity contribution in [3.05, 3.63) is 23.8 Å². The van der Waals surface area contributed by atoms with Crippen LogP contribution in [0, 0.1) is 16.7 Å². The molecule has 1 aromatic carbocycles. The number of rotatable bonds is 6. The highest BCUT2D eigenvalue weighted by atomic mass is 32.2. The molecule has 21 heavy (non-hydrogen) atoms. The summed E-state index contributed by atoms with van der Waals surface area (Å²) in [5.74, 6) is 1.69. The Bertz CT molecular complexity index is 536. The topological polar surface area (TPSA) is 38.0 Å². The van der Waals surface area contributed by atoms with E-state index in [4.69, 9.17) is 18.0 Å². The fourth-order valence-electron chi connectivity index (χ4n) is 3.26. The Morgan fingerprint density at radius 3 is 2.38 bits per heavy atom.